The minimum atomic E-state index is -0.108. The average Bonchev–Trinajstić information content (AvgIpc) is 2.46. The molecule has 2 aliphatic carbocycles. The molecule has 2 bridgehead atoms. The topological polar surface area (TPSA) is 17.1 Å². The van der Waals surface area contributed by atoms with Crippen molar-refractivity contribution in [2.24, 2.45) is 23.2 Å². The SMILES string of the molecule is C[C@H]1C(=O)C(C)(C)[C@H]2C=C[C@H]1C2. The lowest BCUT2D eigenvalue weighted by molar-refractivity contribution is -0.136. The van der Waals surface area contributed by atoms with Crippen LogP contribution in [0.3, 0.4) is 0 Å². The molecule has 0 radical (unpaired) electrons. The molecule has 0 aliphatic heterocycles. The van der Waals surface area contributed by atoms with Crippen LogP contribution in [0.2, 0.25) is 0 Å². The number of rotatable bonds is 0. The second kappa shape index (κ2) is 2.21. The third-order valence-electron chi connectivity index (χ3n) is 3.73. The molecule has 1 nitrogen and oxygen atoms in total. The van der Waals surface area contributed by atoms with Crippen molar-refractivity contribution in [2.45, 2.75) is 27.2 Å². The van der Waals surface area contributed by atoms with Gasteiger partial charge in [0.15, 0.2) is 0 Å². The number of hydrogen-bond donors (Lipinski definition) is 0. The number of fused-ring (bicyclic) bond motifs is 2. The van der Waals surface area contributed by atoms with E-state index in [1.807, 2.05) is 0 Å². The average molecular weight is 164 g/mol. The Hall–Kier alpha value is -0.590. The van der Waals surface area contributed by atoms with Crippen molar-refractivity contribution >= 4 is 5.78 Å². The van der Waals surface area contributed by atoms with Crippen LogP contribution < -0.4 is 0 Å². The zero-order valence-electron chi connectivity index (χ0n) is 8.00. The first-order valence-electron chi connectivity index (χ1n) is 4.76. The van der Waals surface area contributed by atoms with E-state index in [2.05, 4.69) is 32.9 Å². The molecule has 0 spiro atoms. The predicted octanol–water partition coefficient (Wildman–Crippen LogP) is 2.42. The van der Waals surface area contributed by atoms with Crippen LogP contribution in [-0.2, 0) is 4.79 Å². The largest absolute Gasteiger partial charge is 0.299 e. The summed E-state index contributed by atoms with van der Waals surface area (Å²) in [6.07, 6.45) is 5.67. The van der Waals surface area contributed by atoms with Gasteiger partial charge in [-0.25, -0.2) is 0 Å². The lowest BCUT2D eigenvalue weighted by Crippen LogP contribution is -2.41. The molecule has 2 aliphatic rings. The standard InChI is InChI=1S/C11H16O/c1-7-8-4-5-9(6-8)11(2,3)10(7)12/h4-5,7-9H,6H2,1-3H3/t7-,8+,9+/m1/s1. The van der Waals surface area contributed by atoms with Crippen LogP contribution in [0.5, 0.6) is 0 Å². The summed E-state index contributed by atoms with van der Waals surface area (Å²) >= 11 is 0. The molecular formula is C11H16O. The molecule has 0 unspecified atom stereocenters. The van der Waals surface area contributed by atoms with Crippen LogP contribution in [0.4, 0.5) is 0 Å². The van der Waals surface area contributed by atoms with E-state index in [9.17, 15) is 4.79 Å². The summed E-state index contributed by atoms with van der Waals surface area (Å²) < 4.78 is 0. The predicted molar refractivity (Wildman–Crippen MR) is 48.7 cm³/mol. The van der Waals surface area contributed by atoms with E-state index in [0.717, 1.165) is 0 Å². The van der Waals surface area contributed by atoms with Crippen LogP contribution in [0, 0.1) is 23.2 Å². The summed E-state index contributed by atoms with van der Waals surface area (Å²) in [4.78, 5) is 11.9. The van der Waals surface area contributed by atoms with E-state index in [-0.39, 0.29) is 11.3 Å². The molecule has 0 saturated heterocycles. The van der Waals surface area contributed by atoms with E-state index >= 15 is 0 Å². The Morgan fingerprint density at radius 1 is 1.42 bits per heavy atom. The Morgan fingerprint density at radius 3 is 2.75 bits per heavy atom. The number of carbonyl (C=O) groups excluding carboxylic acids is 1. The molecule has 0 aromatic rings. The zero-order chi connectivity index (χ0) is 8.93. The van der Waals surface area contributed by atoms with Gasteiger partial charge in [0.2, 0.25) is 0 Å². The number of ketones is 1. The molecule has 1 heteroatoms. The van der Waals surface area contributed by atoms with E-state index in [1.165, 1.54) is 6.42 Å². The van der Waals surface area contributed by atoms with E-state index in [1.54, 1.807) is 0 Å². The van der Waals surface area contributed by atoms with Crippen molar-refractivity contribution in [3.05, 3.63) is 12.2 Å². The molecule has 66 valence electrons. The summed E-state index contributed by atoms with van der Waals surface area (Å²) in [5, 5.41) is 0. The molecule has 0 amide bonds. The minimum Gasteiger partial charge on any atom is -0.299 e. The van der Waals surface area contributed by atoms with Crippen molar-refractivity contribution in [1.82, 2.24) is 0 Å². The minimum absolute atomic E-state index is 0.108. The van der Waals surface area contributed by atoms with Gasteiger partial charge in [-0.3, -0.25) is 4.79 Å². The van der Waals surface area contributed by atoms with Gasteiger partial charge in [0.05, 0.1) is 0 Å². The highest BCUT2D eigenvalue weighted by Crippen LogP contribution is 2.48. The van der Waals surface area contributed by atoms with Gasteiger partial charge in [-0.1, -0.05) is 32.9 Å². The number of carbonyl (C=O) groups is 1. The highest BCUT2D eigenvalue weighted by molar-refractivity contribution is 5.88. The number of hydrogen-bond acceptors (Lipinski definition) is 1. The normalized spacial score (nSPS) is 43.6. The fraction of sp³-hybridized carbons (Fsp3) is 0.727. The van der Waals surface area contributed by atoms with Gasteiger partial charge in [-0.05, 0) is 18.3 Å². The van der Waals surface area contributed by atoms with Gasteiger partial charge in [0.1, 0.15) is 5.78 Å². The van der Waals surface area contributed by atoms with Gasteiger partial charge in [0, 0.05) is 11.3 Å². The first kappa shape index (κ1) is 8.03. The van der Waals surface area contributed by atoms with Gasteiger partial charge in [-0.2, -0.15) is 0 Å². The monoisotopic (exact) mass is 164 g/mol. The van der Waals surface area contributed by atoms with Crippen molar-refractivity contribution in [3.8, 4) is 0 Å². The van der Waals surface area contributed by atoms with Gasteiger partial charge < -0.3 is 0 Å². The van der Waals surface area contributed by atoms with Crippen LogP contribution in [0.25, 0.3) is 0 Å². The first-order chi connectivity index (χ1) is 5.53. The highest BCUT2D eigenvalue weighted by atomic mass is 16.1. The maximum Gasteiger partial charge on any atom is 0.142 e. The summed E-state index contributed by atoms with van der Waals surface area (Å²) in [6, 6.07) is 0. The maximum absolute atomic E-state index is 11.9. The molecule has 0 aromatic carbocycles. The third-order valence-corrected chi connectivity index (χ3v) is 3.73. The Balaban J connectivity index is 2.38. The van der Waals surface area contributed by atoms with Crippen molar-refractivity contribution < 1.29 is 4.79 Å². The Kier molecular flexibility index (Phi) is 1.48. The van der Waals surface area contributed by atoms with Gasteiger partial charge in [0.25, 0.3) is 0 Å². The fourth-order valence-electron chi connectivity index (χ4n) is 2.60. The lowest BCUT2D eigenvalue weighted by Gasteiger charge is -2.38. The van der Waals surface area contributed by atoms with Crippen LogP contribution in [-0.4, -0.2) is 5.78 Å². The van der Waals surface area contributed by atoms with E-state index < -0.39 is 0 Å². The van der Waals surface area contributed by atoms with Crippen LogP contribution in [0.1, 0.15) is 27.2 Å². The van der Waals surface area contributed by atoms with Crippen LogP contribution in [0.15, 0.2) is 12.2 Å². The van der Waals surface area contributed by atoms with Crippen molar-refractivity contribution in [1.29, 1.82) is 0 Å². The summed E-state index contributed by atoms with van der Waals surface area (Å²) in [5.74, 6) is 1.74. The van der Waals surface area contributed by atoms with Crippen molar-refractivity contribution in [3.63, 3.8) is 0 Å². The second-order valence-electron chi connectivity index (χ2n) is 4.77. The molecule has 12 heavy (non-hydrogen) atoms. The summed E-state index contributed by atoms with van der Waals surface area (Å²) in [7, 11) is 0. The van der Waals surface area contributed by atoms with Crippen LogP contribution >= 0.6 is 0 Å². The molecule has 0 aromatic heterocycles. The van der Waals surface area contributed by atoms with E-state index in [4.69, 9.17) is 0 Å². The van der Waals surface area contributed by atoms with Gasteiger partial charge in [-0.15, -0.1) is 0 Å². The van der Waals surface area contributed by atoms with Crippen molar-refractivity contribution in [2.75, 3.05) is 0 Å². The number of allylic oxidation sites excluding steroid dienone is 2. The Bertz CT molecular complexity index is 250. The molecule has 3 atom stereocenters. The second-order valence-corrected chi connectivity index (χ2v) is 4.77. The smallest absolute Gasteiger partial charge is 0.142 e. The quantitative estimate of drug-likeness (QED) is 0.502. The molecule has 2 rings (SSSR count). The maximum atomic E-state index is 11.9. The molecular weight excluding hydrogens is 148 g/mol. The molecule has 1 saturated carbocycles. The number of Topliss-reactive ketones (excluding diaryl/α,β-unsaturated/α-hetero) is 1. The first-order valence-corrected chi connectivity index (χ1v) is 4.76. The van der Waals surface area contributed by atoms with Gasteiger partial charge >= 0.3 is 0 Å². The summed E-state index contributed by atoms with van der Waals surface area (Å²) in [6.45, 7) is 6.24. The highest BCUT2D eigenvalue weighted by Gasteiger charge is 2.47. The molecule has 1 fully saturated rings. The zero-order valence-corrected chi connectivity index (χ0v) is 8.00. The lowest BCUT2D eigenvalue weighted by atomic mass is 9.64. The Labute approximate surface area is 73.8 Å². The Morgan fingerprint density at radius 2 is 2.08 bits per heavy atom. The van der Waals surface area contributed by atoms with E-state index in [0.29, 0.717) is 17.6 Å². The molecule has 0 N–H and O–H groups in total. The molecule has 0 heterocycles. The third kappa shape index (κ3) is 0.825. The fourth-order valence-corrected chi connectivity index (χ4v) is 2.60. The summed E-state index contributed by atoms with van der Waals surface area (Å²) in [5.41, 5.74) is -0.108.